The number of fused-ring (bicyclic) bond motifs is 1. The van der Waals surface area contributed by atoms with Crippen molar-refractivity contribution in [3.05, 3.63) is 65.6 Å². The molecule has 4 N–H and O–H groups in total. The molecule has 4 aromatic rings. The van der Waals surface area contributed by atoms with E-state index in [1.807, 2.05) is 0 Å². The first-order valence-electron chi connectivity index (χ1n) is 8.75. The first kappa shape index (κ1) is 20.5. The van der Waals surface area contributed by atoms with Crippen LogP contribution in [0.1, 0.15) is 5.56 Å². The van der Waals surface area contributed by atoms with E-state index in [0.717, 1.165) is 18.2 Å². The predicted molar refractivity (Wildman–Crippen MR) is 111 cm³/mol. The summed E-state index contributed by atoms with van der Waals surface area (Å²) in [7, 11) is 0. The van der Waals surface area contributed by atoms with Gasteiger partial charge in [-0.15, -0.1) is 11.3 Å². The molecule has 4 rings (SSSR count). The summed E-state index contributed by atoms with van der Waals surface area (Å²) in [5.74, 6) is -0.462. The van der Waals surface area contributed by atoms with Gasteiger partial charge in [-0.25, -0.2) is 19.2 Å². The molecule has 2 aromatic heterocycles. The molecular weight excluding hydrogens is 434 g/mol. The number of carbonyl (C=O) groups excluding carboxylic acids is 1. The highest BCUT2D eigenvalue weighted by atomic mass is 32.1. The number of carbonyl (C=O) groups is 1. The van der Waals surface area contributed by atoms with E-state index in [9.17, 15) is 22.4 Å². The van der Waals surface area contributed by atoms with Crippen molar-refractivity contribution in [3.63, 3.8) is 0 Å². The van der Waals surface area contributed by atoms with Crippen LogP contribution in [-0.4, -0.2) is 16.0 Å². The zero-order valence-electron chi connectivity index (χ0n) is 15.5. The van der Waals surface area contributed by atoms with E-state index in [2.05, 4.69) is 20.6 Å². The van der Waals surface area contributed by atoms with Crippen LogP contribution in [0.25, 0.3) is 21.3 Å². The molecule has 0 aliphatic rings. The minimum Gasteiger partial charge on any atom is -0.383 e. The van der Waals surface area contributed by atoms with Crippen molar-refractivity contribution in [2.24, 2.45) is 0 Å². The Hall–Kier alpha value is -3.73. The number of thiophene rings is 1. The van der Waals surface area contributed by atoms with E-state index in [4.69, 9.17) is 5.73 Å². The van der Waals surface area contributed by atoms with Crippen molar-refractivity contribution in [3.8, 4) is 11.1 Å². The Morgan fingerprint density at radius 2 is 1.87 bits per heavy atom. The summed E-state index contributed by atoms with van der Waals surface area (Å²) in [6, 6.07) is 7.38. The van der Waals surface area contributed by atoms with E-state index < -0.39 is 23.6 Å². The molecule has 31 heavy (non-hydrogen) atoms. The van der Waals surface area contributed by atoms with Crippen LogP contribution >= 0.6 is 11.3 Å². The van der Waals surface area contributed by atoms with Crippen molar-refractivity contribution in [2.45, 2.75) is 6.18 Å². The minimum absolute atomic E-state index is 0.0791. The number of nitrogens with two attached hydrogens (primary N) is 1. The SMILES string of the molecule is Nc1ncnc2scc(-c3ccc(NC(=O)Nc4cccc(C(F)(F)F)c4)c(F)c3)c12. The molecule has 0 atom stereocenters. The summed E-state index contributed by atoms with van der Waals surface area (Å²) in [6.07, 6.45) is -3.20. The maximum Gasteiger partial charge on any atom is 0.416 e. The predicted octanol–water partition coefficient (Wildman–Crippen LogP) is 5.74. The van der Waals surface area contributed by atoms with Crippen LogP contribution < -0.4 is 16.4 Å². The average molecular weight is 447 g/mol. The van der Waals surface area contributed by atoms with Crippen molar-refractivity contribution in [1.29, 1.82) is 0 Å². The fraction of sp³-hybridized carbons (Fsp3) is 0.0500. The molecule has 0 saturated carbocycles. The van der Waals surface area contributed by atoms with Gasteiger partial charge in [0, 0.05) is 16.6 Å². The van der Waals surface area contributed by atoms with Gasteiger partial charge in [0.1, 0.15) is 22.8 Å². The lowest BCUT2D eigenvalue weighted by Gasteiger charge is -2.12. The molecule has 11 heteroatoms. The standard InChI is InChI=1S/C20H13F4N5OS/c21-14-6-10(13-8-31-18-16(13)17(25)26-9-27-18)4-5-15(14)29-19(30)28-12-3-1-2-11(7-12)20(22,23)24/h1-9H,(H2,25,26,27)(H2,28,29,30). The zero-order chi connectivity index (χ0) is 22.2. The lowest BCUT2D eigenvalue weighted by molar-refractivity contribution is -0.137. The van der Waals surface area contributed by atoms with Gasteiger partial charge in [0.2, 0.25) is 0 Å². The number of benzene rings is 2. The molecule has 2 aromatic carbocycles. The number of rotatable bonds is 3. The average Bonchev–Trinajstić information content (AvgIpc) is 3.15. The first-order chi connectivity index (χ1) is 14.7. The van der Waals surface area contributed by atoms with Gasteiger partial charge in [-0.2, -0.15) is 13.2 Å². The number of aromatic nitrogens is 2. The number of alkyl halides is 3. The fourth-order valence-electron chi connectivity index (χ4n) is 2.95. The van der Waals surface area contributed by atoms with Crippen LogP contribution in [0.2, 0.25) is 0 Å². The molecular formula is C20H13F4N5OS. The topological polar surface area (TPSA) is 92.9 Å². The minimum atomic E-state index is -4.55. The van der Waals surface area contributed by atoms with Crippen LogP contribution in [0, 0.1) is 5.82 Å². The number of nitrogens with zero attached hydrogens (tertiary/aromatic N) is 2. The number of hydrogen-bond donors (Lipinski definition) is 3. The van der Waals surface area contributed by atoms with Gasteiger partial charge in [-0.05, 0) is 35.9 Å². The van der Waals surface area contributed by atoms with E-state index in [1.165, 1.54) is 35.9 Å². The molecule has 0 unspecified atom stereocenters. The van der Waals surface area contributed by atoms with Crippen LogP contribution in [-0.2, 0) is 6.18 Å². The Kier molecular flexibility index (Phi) is 5.19. The molecule has 0 fully saturated rings. The highest BCUT2D eigenvalue weighted by Crippen LogP contribution is 2.36. The molecule has 0 bridgehead atoms. The van der Waals surface area contributed by atoms with Crippen molar-refractivity contribution in [2.75, 3.05) is 16.4 Å². The maximum absolute atomic E-state index is 14.6. The van der Waals surface area contributed by atoms with Crippen LogP contribution in [0.15, 0.2) is 54.2 Å². The Labute approximate surface area is 176 Å². The van der Waals surface area contributed by atoms with Gasteiger partial charge >= 0.3 is 12.2 Å². The van der Waals surface area contributed by atoms with Crippen LogP contribution in [0.3, 0.4) is 0 Å². The lowest BCUT2D eigenvalue weighted by atomic mass is 10.1. The number of anilines is 3. The summed E-state index contributed by atoms with van der Waals surface area (Å²) in [5.41, 5.74) is 5.94. The molecule has 0 saturated heterocycles. The molecule has 0 spiro atoms. The third kappa shape index (κ3) is 4.26. The molecule has 2 heterocycles. The lowest BCUT2D eigenvalue weighted by Crippen LogP contribution is -2.20. The van der Waals surface area contributed by atoms with E-state index in [1.54, 1.807) is 11.4 Å². The molecule has 0 radical (unpaired) electrons. The number of urea groups is 1. The summed E-state index contributed by atoms with van der Waals surface area (Å²) >= 11 is 1.33. The normalized spacial score (nSPS) is 11.5. The van der Waals surface area contributed by atoms with Gasteiger partial charge in [-0.1, -0.05) is 12.1 Å². The van der Waals surface area contributed by atoms with E-state index in [0.29, 0.717) is 21.3 Å². The maximum atomic E-state index is 14.6. The largest absolute Gasteiger partial charge is 0.416 e. The highest BCUT2D eigenvalue weighted by Gasteiger charge is 2.30. The molecule has 158 valence electrons. The number of nitrogen functional groups attached to an aromatic ring is 1. The quantitative estimate of drug-likeness (QED) is 0.349. The smallest absolute Gasteiger partial charge is 0.383 e. The third-order valence-electron chi connectivity index (χ3n) is 4.38. The van der Waals surface area contributed by atoms with Crippen molar-refractivity contribution >= 4 is 44.8 Å². The second kappa shape index (κ2) is 7.84. The van der Waals surface area contributed by atoms with E-state index in [-0.39, 0.29) is 17.2 Å². The Morgan fingerprint density at radius 3 is 2.61 bits per heavy atom. The molecule has 0 aliphatic carbocycles. The van der Waals surface area contributed by atoms with E-state index >= 15 is 0 Å². The fourth-order valence-corrected chi connectivity index (χ4v) is 3.88. The zero-order valence-corrected chi connectivity index (χ0v) is 16.3. The second-order valence-electron chi connectivity index (χ2n) is 6.44. The van der Waals surface area contributed by atoms with Gasteiger partial charge in [0.05, 0.1) is 16.6 Å². The van der Waals surface area contributed by atoms with Crippen molar-refractivity contribution < 1.29 is 22.4 Å². The van der Waals surface area contributed by atoms with Gasteiger partial charge < -0.3 is 16.4 Å². The van der Waals surface area contributed by atoms with Gasteiger partial charge in [0.25, 0.3) is 0 Å². The highest BCUT2D eigenvalue weighted by molar-refractivity contribution is 7.17. The van der Waals surface area contributed by atoms with Gasteiger partial charge in [0.15, 0.2) is 0 Å². The molecule has 0 aliphatic heterocycles. The second-order valence-corrected chi connectivity index (χ2v) is 7.30. The number of amides is 2. The summed E-state index contributed by atoms with van der Waals surface area (Å²) in [4.78, 5) is 20.9. The number of hydrogen-bond acceptors (Lipinski definition) is 5. The Morgan fingerprint density at radius 1 is 1.06 bits per heavy atom. The monoisotopic (exact) mass is 447 g/mol. The Bertz CT molecular complexity index is 1290. The third-order valence-corrected chi connectivity index (χ3v) is 5.26. The number of nitrogens with one attached hydrogen (secondary N) is 2. The Balaban J connectivity index is 1.53. The first-order valence-corrected chi connectivity index (χ1v) is 9.63. The van der Waals surface area contributed by atoms with Crippen LogP contribution in [0.4, 0.5) is 39.5 Å². The summed E-state index contributed by atoms with van der Waals surface area (Å²) < 4.78 is 53.0. The molecule has 2 amide bonds. The van der Waals surface area contributed by atoms with Gasteiger partial charge in [-0.3, -0.25) is 0 Å². The summed E-state index contributed by atoms with van der Waals surface area (Å²) in [5, 5.41) is 6.92. The van der Waals surface area contributed by atoms with Crippen LogP contribution in [0.5, 0.6) is 0 Å². The summed E-state index contributed by atoms with van der Waals surface area (Å²) in [6.45, 7) is 0. The van der Waals surface area contributed by atoms with Crippen molar-refractivity contribution in [1.82, 2.24) is 9.97 Å². The molecule has 6 nitrogen and oxygen atoms in total. The number of halogens is 4.